The minimum Gasteiger partial charge on any atom is -0.456 e. The van der Waals surface area contributed by atoms with Gasteiger partial charge in [-0.05, 0) is 63.4 Å². The first-order valence-corrected chi connectivity index (χ1v) is 21.3. The molecule has 4 atom stereocenters. The molecular formula is C57H37N3O2. The van der Waals surface area contributed by atoms with Crippen LogP contribution in [0, 0.1) is 17.8 Å². The second-order valence-corrected chi connectivity index (χ2v) is 16.6. The third-order valence-corrected chi connectivity index (χ3v) is 13.1. The Labute approximate surface area is 357 Å². The van der Waals surface area contributed by atoms with Crippen LogP contribution < -0.4 is 0 Å². The summed E-state index contributed by atoms with van der Waals surface area (Å²) in [5.74, 6) is 2.49. The summed E-state index contributed by atoms with van der Waals surface area (Å²) in [5.41, 5.74) is 10.9. The molecule has 6 aromatic carbocycles. The van der Waals surface area contributed by atoms with Gasteiger partial charge in [-0.25, -0.2) is 15.0 Å². The lowest BCUT2D eigenvalue weighted by molar-refractivity contribution is 0.661. The molecule has 3 aromatic heterocycles. The lowest BCUT2D eigenvalue weighted by Crippen LogP contribution is -2.18. The number of nitrogens with zero attached hydrogens (tertiary/aromatic N) is 3. The first kappa shape index (κ1) is 34.9. The van der Waals surface area contributed by atoms with E-state index in [9.17, 15) is 0 Å². The van der Waals surface area contributed by atoms with E-state index in [0.717, 1.165) is 60.6 Å². The van der Waals surface area contributed by atoms with E-state index in [-0.39, 0.29) is 17.8 Å². The Balaban J connectivity index is 0.961. The van der Waals surface area contributed by atoms with Gasteiger partial charge in [0.15, 0.2) is 17.5 Å². The van der Waals surface area contributed by atoms with Crippen LogP contribution >= 0.6 is 0 Å². The molecule has 5 heteroatoms. The molecule has 3 heterocycles. The number of benzene rings is 6. The number of hydrogen-bond donors (Lipinski definition) is 0. The minimum absolute atomic E-state index is 0.0352. The van der Waals surface area contributed by atoms with Gasteiger partial charge >= 0.3 is 0 Å². The Morgan fingerprint density at radius 3 is 2.16 bits per heavy atom. The molecule has 13 rings (SSSR count). The molecule has 0 radical (unpaired) electrons. The van der Waals surface area contributed by atoms with Crippen molar-refractivity contribution in [2.24, 2.45) is 17.8 Å². The molecule has 0 fully saturated rings. The smallest absolute Gasteiger partial charge is 0.167 e. The highest BCUT2D eigenvalue weighted by molar-refractivity contribution is 6.10. The first-order chi connectivity index (χ1) is 30.7. The van der Waals surface area contributed by atoms with Crippen molar-refractivity contribution in [2.75, 3.05) is 0 Å². The van der Waals surface area contributed by atoms with Crippen LogP contribution in [0.5, 0.6) is 0 Å². The largest absolute Gasteiger partial charge is 0.456 e. The topological polar surface area (TPSA) is 65.0 Å². The number of aromatic nitrogens is 3. The maximum Gasteiger partial charge on any atom is 0.167 e. The zero-order valence-corrected chi connectivity index (χ0v) is 33.5. The fraction of sp³-hybridized carbons (Fsp3) is 0.0702. The Morgan fingerprint density at radius 1 is 0.452 bits per heavy atom. The fourth-order valence-corrected chi connectivity index (χ4v) is 10.1. The summed E-state index contributed by atoms with van der Waals surface area (Å²) in [5, 5.41) is 6.83. The van der Waals surface area contributed by atoms with Crippen LogP contribution in [0.25, 0.3) is 88.3 Å². The Bertz CT molecular complexity index is 3620. The van der Waals surface area contributed by atoms with Crippen LogP contribution in [0.2, 0.25) is 0 Å². The molecule has 4 aliphatic carbocycles. The maximum absolute atomic E-state index is 6.58. The molecule has 0 spiro atoms. The average Bonchev–Trinajstić information content (AvgIpc) is 3.92. The normalized spacial score (nSPS) is 20.2. The van der Waals surface area contributed by atoms with Gasteiger partial charge in [-0.15, -0.1) is 0 Å². The summed E-state index contributed by atoms with van der Waals surface area (Å²) in [7, 11) is 0. The number of rotatable bonds is 5. The highest BCUT2D eigenvalue weighted by Gasteiger charge is 2.32. The van der Waals surface area contributed by atoms with Crippen molar-refractivity contribution in [2.45, 2.75) is 5.92 Å². The Hall–Kier alpha value is -7.89. The van der Waals surface area contributed by atoms with Crippen molar-refractivity contribution in [1.82, 2.24) is 15.0 Å². The van der Waals surface area contributed by atoms with Crippen molar-refractivity contribution >= 4 is 65.8 Å². The Kier molecular flexibility index (Phi) is 7.79. The molecule has 0 aliphatic heterocycles. The molecule has 292 valence electrons. The van der Waals surface area contributed by atoms with E-state index in [1.807, 2.05) is 18.2 Å². The highest BCUT2D eigenvalue weighted by atomic mass is 16.3. The number of hydrogen-bond acceptors (Lipinski definition) is 5. The molecule has 0 saturated carbocycles. The van der Waals surface area contributed by atoms with Crippen molar-refractivity contribution in [3.8, 4) is 22.5 Å². The minimum atomic E-state index is 0.0352. The van der Waals surface area contributed by atoms with Gasteiger partial charge in [-0.3, -0.25) is 0 Å². The van der Waals surface area contributed by atoms with Crippen LogP contribution in [0.4, 0.5) is 0 Å². The molecule has 4 aliphatic rings. The molecule has 0 saturated heterocycles. The van der Waals surface area contributed by atoms with E-state index in [4.69, 9.17) is 23.8 Å². The lowest BCUT2D eigenvalue weighted by Gasteiger charge is -2.31. The highest BCUT2D eigenvalue weighted by Crippen LogP contribution is 2.47. The van der Waals surface area contributed by atoms with Gasteiger partial charge in [0.25, 0.3) is 0 Å². The van der Waals surface area contributed by atoms with Crippen LogP contribution in [-0.4, -0.2) is 15.0 Å². The summed E-state index contributed by atoms with van der Waals surface area (Å²) >= 11 is 0. The van der Waals surface area contributed by atoms with Crippen molar-refractivity contribution in [3.05, 3.63) is 223 Å². The van der Waals surface area contributed by atoms with E-state index in [2.05, 4.69) is 182 Å². The van der Waals surface area contributed by atoms with Gasteiger partial charge in [0.1, 0.15) is 22.3 Å². The van der Waals surface area contributed by atoms with Crippen LogP contribution in [0.3, 0.4) is 0 Å². The van der Waals surface area contributed by atoms with Gasteiger partial charge in [0.2, 0.25) is 0 Å². The van der Waals surface area contributed by atoms with Crippen molar-refractivity contribution < 1.29 is 8.83 Å². The number of furan rings is 2. The fourth-order valence-electron chi connectivity index (χ4n) is 10.1. The van der Waals surface area contributed by atoms with Gasteiger partial charge in [0.05, 0.1) is 5.56 Å². The SMILES string of the molecule is C1=CC2=C(c3nc(C4=CC5C=CC=CC5C=C4)nc(-c4cccc5c4oc4ccccc45)n3)C=CC(c3cccc4oc5ccc(-c6cccc7ccccc67)cc5c34)C2C=C1. The van der Waals surface area contributed by atoms with E-state index in [1.165, 1.54) is 33.0 Å². The van der Waals surface area contributed by atoms with Crippen molar-refractivity contribution in [3.63, 3.8) is 0 Å². The van der Waals surface area contributed by atoms with Crippen LogP contribution in [0.1, 0.15) is 23.1 Å². The standard InChI is InChI=1S/C57H37N3O2/c1-2-14-36-32-38(27-26-34(36)12-1)55-58-56(60-57(59-55)48-23-10-22-46-44-19-7-8-24-50(44)62-54(46)48)47-30-29-43(41-17-5-6-18-42(41)47)45-21-11-25-52-53(45)49-33-37(28-31-51(49)61-52)40-20-9-15-35-13-3-4-16-39(35)40/h1-34,36,41,43H. The number of allylic oxidation sites excluding steroid dienone is 16. The second kappa shape index (κ2) is 13.8. The Morgan fingerprint density at radius 2 is 1.19 bits per heavy atom. The van der Waals surface area contributed by atoms with E-state index in [0.29, 0.717) is 23.4 Å². The van der Waals surface area contributed by atoms with E-state index < -0.39 is 0 Å². The third-order valence-electron chi connectivity index (χ3n) is 13.1. The number of para-hydroxylation sites is 2. The van der Waals surface area contributed by atoms with Crippen LogP contribution in [0.15, 0.2) is 215 Å². The molecular weight excluding hydrogens is 759 g/mol. The van der Waals surface area contributed by atoms with Crippen LogP contribution in [-0.2, 0) is 0 Å². The molecule has 62 heavy (non-hydrogen) atoms. The lowest BCUT2D eigenvalue weighted by atomic mass is 9.73. The quantitative estimate of drug-likeness (QED) is 0.174. The first-order valence-electron chi connectivity index (χ1n) is 21.3. The average molecular weight is 796 g/mol. The molecule has 0 amide bonds. The van der Waals surface area contributed by atoms with Gasteiger partial charge in [-0.2, -0.15) is 0 Å². The molecule has 5 nitrogen and oxygen atoms in total. The summed E-state index contributed by atoms with van der Waals surface area (Å²) < 4.78 is 13.1. The zero-order chi connectivity index (χ0) is 40.7. The summed E-state index contributed by atoms with van der Waals surface area (Å²) in [4.78, 5) is 15.8. The van der Waals surface area contributed by atoms with Gasteiger partial charge in [-0.1, -0.05) is 170 Å². The summed E-state index contributed by atoms with van der Waals surface area (Å²) in [6.07, 6.45) is 28.8. The third kappa shape index (κ3) is 5.51. The zero-order valence-electron chi connectivity index (χ0n) is 33.5. The molecule has 4 unspecified atom stereocenters. The second-order valence-electron chi connectivity index (χ2n) is 16.6. The molecule has 9 aromatic rings. The molecule has 0 N–H and O–H groups in total. The van der Waals surface area contributed by atoms with Crippen molar-refractivity contribution in [1.29, 1.82) is 0 Å². The predicted octanol–water partition coefficient (Wildman–Crippen LogP) is 14.3. The maximum atomic E-state index is 6.58. The molecule has 0 bridgehead atoms. The monoisotopic (exact) mass is 795 g/mol. The van der Waals surface area contributed by atoms with E-state index in [1.54, 1.807) is 0 Å². The van der Waals surface area contributed by atoms with Gasteiger partial charge in [0, 0.05) is 56.4 Å². The van der Waals surface area contributed by atoms with E-state index >= 15 is 0 Å². The predicted molar refractivity (Wildman–Crippen MR) is 252 cm³/mol. The summed E-state index contributed by atoms with van der Waals surface area (Å²) in [6.45, 7) is 0. The van der Waals surface area contributed by atoms with Gasteiger partial charge < -0.3 is 8.83 Å². The number of fused-ring (bicyclic) bond motifs is 9. The summed E-state index contributed by atoms with van der Waals surface area (Å²) in [6, 6.07) is 42.6.